The van der Waals surface area contributed by atoms with E-state index in [1.165, 1.54) is 0 Å². The van der Waals surface area contributed by atoms with Crippen LogP contribution in [0.5, 0.6) is 0 Å². The normalized spacial score (nSPS) is 16.8. The van der Waals surface area contributed by atoms with E-state index in [1.54, 1.807) is 4.99 Å². The minimum Gasteiger partial charge on any atom is -0.481 e. The lowest BCUT2D eigenvalue weighted by atomic mass is 9.85. The van der Waals surface area contributed by atoms with Crippen LogP contribution < -0.4 is 0 Å². The molecular formula is C9H15BrO2. The Morgan fingerprint density at radius 2 is 1.92 bits per heavy atom. The van der Waals surface area contributed by atoms with E-state index in [1.807, 2.05) is 26.8 Å². The molecule has 0 bridgehead atoms. The van der Waals surface area contributed by atoms with E-state index in [2.05, 4.69) is 15.9 Å². The highest BCUT2D eigenvalue weighted by atomic mass is 79.9. The van der Waals surface area contributed by atoms with Crippen molar-refractivity contribution in [2.24, 2.45) is 17.8 Å². The maximum absolute atomic E-state index is 10.8. The van der Waals surface area contributed by atoms with Crippen LogP contribution in [0.1, 0.15) is 20.8 Å². The number of aliphatic carboxylic acids is 1. The van der Waals surface area contributed by atoms with Crippen molar-refractivity contribution in [2.45, 2.75) is 20.8 Å². The number of halogens is 1. The van der Waals surface area contributed by atoms with Gasteiger partial charge in [-0.1, -0.05) is 42.8 Å². The highest BCUT2D eigenvalue weighted by Crippen LogP contribution is 2.22. The number of carboxylic acids is 1. The first-order chi connectivity index (χ1) is 5.50. The van der Waals surface area contributed by atoms with Crippen molar-refractivity contribution < 1.29 is 9.90 Å². The molecule has 0 aliphatic rings. The first kappa shape index (κ1) is 11.7. The summed E-state index contributed by atoms with van der Waals surface area (Å²) in [5.41, 5.74) is 0. The molecule has 0 spiro atoms. The lowest BCUT2D eigenvalue weighted by Crippen LogP contribution is -2.25. The number of rotatable bonds is 4. The molecule has 0 rings (SSSR count). The van der Waals surface area contributed by atoms with Crippen LogP contribution in [-0.4, -0.2) is 11.1 Å². The molecular weight excluding hydrogens is 220 g/mol. The van der Waals surface area contributed by atoms with Gasteiger partial charge >= 0.3 is 5.97 Å². The third-order valence-electron chi connectivity index (χ3n) is 1.95. The second-order valence-corrected chi connectivity index (χ2v) is 3.81. The fourth-order valence-electron chi connectivity index (χ4n) is 1.35. The Bertz CT molecular complexity index is 175. The molecule has 0 heterocycles. The van der Waals surface area contributed by atoms with Crippen LogP contribution in [0.25, 0.3) is 0 Å². The summed E-state index contributed by atoms with van der Waals surface area (Å²) < 4.78 is 0. The molecule has 0 aromatic carbocycles. The van der Waals surface area contributed by atoms with E-state index in [-0.39, 0.29) is 17.8 Å². The number of hydrogen-bond acceptors (Lipinski definition) is 1. The Hall–Kier alpha value is -0.310. The molecule has 12 heavy (non-hydrogen) atoms. The average molecular weight is 235 g/mol. The predicted molar refractivity (Wildman–Crippen MR) is 53.2 cm³/mol. The van der Waals surface area contributed by atoms with Crippen LogP contribution in [0.2, 0.25) is 0 Å². The minimum absolute atomic E-state index is 0.0712. The van der Waals surface area contributed by atoms with Crippen LogP contribution in [0.4, 0.5) is 0 Å². The van der Waals surface area contributed by atoms with Crippen molar-refractivity contribution >= 4 is 21.9 Å². The SMILES string of the molecule is CC(C)C(C(=O)O)C(C)/C=C/Br. The zero-order valence-electron chi connectivity index (χ0n) is 7.62. The van der Waals surface area contributed by atoms with Gasteiger partial charge in [0.25, 0.3) is 0 Å². The summed E-state index contributed by atoms with van der Waals surface area (Å²) >= 11 is 3.14. The number of hydrogen-bond donors (Lipinski definition) is 1. The van der Waals surface area contributed by atoms with Crippen molar-refractivity contribution in [3.63, 3.8) is 0 Å². The van der Waals surface area contributed by atoms with Crippen LogP contribution in [-0.2, 0) is 4.79 Å². The number of allylic oxidation sites excluding steroid dienone is 1. The molecule has 0 aliphatic carbocycles. The lowest BCUT2D eigenvalue weighted by Gasteiger charge is -2.20. The molecule has 0 saturated carbocycles. The van der Waals surface area contributed by atoms with Crippen LogP contribution in [0, 0.1) is 17.8 Å². The van der Waals surface area contributed by atoms with Gasteiger partial charge in [0.2, 0.25) is 0 Å². The Morgan fingerprint density at radius 1 is 1.42 bits per heavy atom. The monoisotopic (exact) mass is 234 g/mol. The van der Waals surface area contributed by atoms with Crippen molar-refractivity contribution in [2.75, 3.05) is 0 Å². The molecule has 0 saturated heterocycles. The molecule has 0 aromatic rings. The van der Waals surface area contributed by atoms with Gasteiger partial charge in [-0.25, -0.2) is 0 Å². The van der Waals surface area contributed by atoms with E-state index < -0.39 is 5.97 Å². The highest BCUT2D eigenvalue weighted by Gasteiger charge is 2.25. The Morgan fingerprint density at radius 3 is 2.17 bits per heavy atom. The maximum Gasteiger partial charge on any atom is 0.307 e. The van der Waals surface area contributed by atoms with Crippen LogP contribution >= 0.6 is 15.9 Å². The van der Waals surface area contributed by atoms with Crippen LogP contribution in [0.15, 0.2) is 11.1 Å². The van der Waals surface area contributed by atoms with Gasteiger partial charge in [0, 0.05) is 0 Å². The Balaban J connectivity index is 4.40. The smallest absolute Gasteiger partial charge is 0.307 e. The van der Waals surface area contributed by atoms with Gasteiger partial charge in [-0.15, -0.1) is 0 Å². The summed E-state index contributed by atoms with van der Waals surface area (Å²) in [6.07, 6.45) is 1.86. The highest BCUT2D eigenvalue weighted by molar-refractivity contribution is 9.11. The molecule has 0 amide bonds. The quantitative estimate of drug-likeness (QED) is 0.813. The van der Waals surface area contributed by atoms with E-state index in [0.717, 1.165) is 0 Å². The third-order valence-corrected chi connectivity index (χ3v) is 2.25. The summed E-state index contributed by atoms with van der Waals surface area (Å²) in [5, 5.41) is 8.89. The number of carboxylic acid groups (broad SMARTS) is 1. The lowest BCUT2D eigenvalue weighted by molar-refractivity contribution is -0.144. The fraction of sp³-hybridized carbons (Fsp3) is 0.667. The molecule has 0 fully saturated rings. The standard InChI is InChI=1S/C9H15BrO2/c1-6(2)8(9(11)12)7(3)4-5-10/h4-8H,1-3H3,(H,11,12)/b5-4+. The molecule has 2 unspecified atom stereocenters. The topological polar surface area (TPSA) is 37.3 Å². The second-order valence-electron chi connectivity index (χ2n) is 3.29. The van der Waals surface area contributed by atoms with Gasteiger partial charge in [0.15, 0.2) is 0 Å². The first-order valence-electron chi connectivity index (χ1n) is 4.00. The molecule has 70 valence electrons. The van der Waals surface area contributed by atoms with E-state index in [0.29, 0.717) is 0 Å². The zero-order valence-corrected chi connectivity index (χ0v) is 9.21. The summed E-state index contributed by atoms with van der Waals surface area (Å²) in [6, 6.07) is 0. The molecule has 0 aliphatic heterocycles. The van der Waals surface area contributed by atoms with Gasteiger partial charge in [-0.2, -0.15) is 0 Å². The predicted octanol–water partition coefficient (Wildman–Crippen LogP) is 2.89. The van der Waals surface area contributed by atoms with Gasteiger partial charge in [-0.3, -0.25) is 4.79 Å². The number of carbonyl (C=O) groups is 1. The Kier molecular flexibility index (Phi) is 5.22. The van der Waals surface area contributed by atoms with E-state index >= 15 is 0 Å². The zero-order chi connectivity index (χ0) is 9.72. The summed E-state index contributed by atoms with van der Waals surface area (Å²) in [5.74, 6) is -0.773. The van der Waals surface area contributed by atoms with Crippen LogP contribution in [0.3, 0.4) is 0 Å². The van der Waals surface area contributed by atoms with Gasteiger partial charge < -0.3 is 5.11 Å². The van der Waals surface area contributed by atoms with Gasteiger partial charge in [0.1, 0.15) is 0 Å². The Labute approximate surface area is 81.8 Å². The first-order valence-corrected chi connectivity index (χ1v) is 4.92. The molecule has 1 N–H and O–H groups in total. The third kappa shape index (κ3) is 3.39. The molecule has 2 nitrogen and oxygen atoms in total. The van der Waals surface area contributed by atoms with Crippen molar-refractivity contribution in [1.29, 1.82) is 0 Å². The maximum atomic E-state index is 10.8. The summed E-state index contributed by atoms with van der Waals surface area (Å²) in [7, 11) is 0. The fourth-order valence-corrected chi connectivity index (χ4v) is 1.83. The second kappa shape index (κ2) is 5.36. The van der Waals surface area contributed by atoms with Gasteiger partial charge in [-0.05, 0) is 16.8 Å². The van der Waals surface area contributed by atoms with Gasteiger partial charge in [0.05, 0.1) is 5.92 Å². The molecule has 3 heteroatoms. The summed E-state index contributed by atoms with van der Waals surface area (Å²) in [6.45, 7) is 5.77. The van der Waals surface area contributed by atoms with Crippen molar-refractivity contribution in [1.82, 2.24) is 0 Å². The summed E-state index contributed by atoms with van der Waals surface area (Å²) in [4.78, 5) is 12.5. The largest absolute Gasteiger partial charge is 0.481 e. The van der Waals surface area contributed by atoms with Crippen molar-refractivity contribution in [3.8, 4) is 0 Å². The molecule has 0 aromatic heterocycles. The molecule has 2 atom stereocenters. The van der Waals surface area contributed by atoms with E-state index in [4.69, 9.17) is 5.11 Å². The van der Waals surface area contributed by atoms with Crippen molar-refractivity contribution in [3.05, 3.63) is 11.1 Å². The molecule has 0 radical (unpaired) electrons. The minimum atomic E-state index is -0.719. The average Bonchev–Trinajstić information content (AvgIpc) is 1.85. The van der Waals surface area contributed by atoms with E-state index in [9.17, 15) is 4.79 Å².